The van der Waals surface area contributed by atoms with Gasteiger partial charge in [0.15, 0.2) is 0 Å². The minimum Gasteiger partial charge on any atom is -0.495 e. The molecule has 0 aliphatic rings. The normalized spacial score (nSPS) is 11.5. The summed E-state index contributed by atoms with van der Waals surface area (Å²) in [4.78, 5) is 12.0. The number of benzene rings is 3. The lowest BCUT2D eigenvalue weighted by atomic mass is 10.1. The third-order valence-electron chi connectivity index (χ3n) is 4.54. The zero-order chi connectivity index (χ0) is 24.0. The number of rotatable bonds is 8. The van der Waals surface area contributed by atoms with Gasteiger partial charge < -0.3 is 15.2 Å². The fourth-order valence-electron chi connectivity index (χ4n) is 2.97. The molecular weight excluding hydrogens is 475 g/mol. The van der Waals surface area contributed by atoms with E-state index < -0.39 is 22.7 Å². The Balaban J connectivity index is 1.93. The Labute approximate surface area is 198 Å². The molecule has 3 rings (SSSR count). The van der Waals surface area contributed by atoms with E-state index in [1.54, 1.807) is 23.9 Å². The van der Waals surface area contributed by atoms with E-state index in [0.29, 0.717) is 11.3 Å². The van der Waals surface area contributed by atoms with Crippen molar-refractivity contribution in [2.24, 2.45) is 0 Å². The summed E-state index contributed by atoms with van der Waals surface area (Å²) in [6, 6.07) is 17.2. The van der Waals surface area contributed by atoms with E-state index in [2.05, 4.69) is 5.32 Å². The second-order valence-corrected chi connectivity index (χ2v) is 8.31. The minimum absolute atomic E-state index is 0.0533. The maximum atomic E-state index is 13.2. The number of hydrogen-bond donors (Lipinski definition) is 2. The number of carboxylic acids is 1. The number of aliphatic carboxylic acids is 1. The summed E-state index contributed by atoms with van der Waals surface area (Å²) < 4.78 is 44.6. The third kappa shape index (κ3) is 6.69. The molecule has 0 radical (unpaired) electrons. The topological polar surface area (TPSA) is 58.6 Å². The molecule has 0 bridgehead atoms. The van der Waals surface area contributed by atoms with Crippen molar-refractivity contribution in [1.82, 2.24) is 0 Å². The van der Waals surface area contributed by atoms with Gasteiger partial charge in [-0.25, -0.2) is 4.79 Å². The maximum Gasteiger partial charge on any atom is 0.417 e. The predicted molar refractivity (Wildman–Crippen MR) is 125 cm³/mol. The molecule has 0 heterocycles. The Morgan fingerprint density at radius 2 is 1.85 bits per heavy atom. The highest BCUT2D eigenvalue weighted by Crippen LogP contribution is 2.41. The van der Waals surface area contributed by atoms with Gasteiger partial charge >= 0.3 is 12.1 Å². The molecule has 3 aromatic carbocycles. The number of halogens is 4. The van der Waals surface area contributed by atoms with Crippen molar-refractivity contribution >= 4 is 46.8 Å². The van der Waals surface area contributed by atoms with Gasteiger partial charge in [-0.1, -0.05) is 41.9 Å². The monoisotopic (exact) mass is 493 g/mol. The summed E-state index contributed by atoms with van der Waals surface area (Å²) >= 11 is 7.44. The van der Waals surface area contributed by atoms with Crippen LogP contribution in [0.4, 0.5) is 24.5 Å². The molecule has 0 fully saturated rings. The van der Waals surface area contributed by atoms with E-state index in [1.807, 2.05) is 36.4 Å². The van der Waals surface area contributed by atoms with Crippen molar-refractivity contribution in [3.05, 3.63) is 88.5 Å². The van der Waals surface area contributed by atoms with Crippen LogP contribution in [-0.2, 0) is 16.7 Å². The van der Waals surface area contributed by atoms with E-state index in [-0.39, 0.29) is 11.4 Å². The maximum absolute atomic E-state index is 13.2. The molecule has 3 aromatic rings. The molecule has 0 saturated heterocycles. The number of methoxy groups -OCH3 is 1. The molecular formula is C24H19ClF3NO3S. The second kappa shape index (κ2) is 10.7. The zero-order valence-electron chi connectivity index (χ0n) is 17.3. The van der Waals surface area contributed by atoms with Gasteiger partial charge in [0, 0.05) is 22.4 Å². The quantitative estimate of drug-likeness (QED) is 0.251. The number of carbonyl (C=O) groups is 1. The third-order valence-corrected chi connectivity index (χ3v) is 5.92. The average Bonchev–Trinajstić information content (AvgIpc) is 2.77. The molecule has 9 heteroatoms. The first kappa shape index (κ1) is 24.5. The molecule has 0 unspecified atom stereocenters. The van der Waals surface area contributed by atoms with Crippen molar-refractivity contribution < 1.29 is 27.8 Å². The lowest BCUT2D eigenvalue weighted by Crippen LogP contribution is -2.07. The largest absolute Gasteiger partial charge is 0.495 e. The van der Waals surface area contributed by atoms with E-state index >= 15 is 0 Å². The molecule has 0 spiro atoms. The van der Waals surface area contributed by atoms with Crippen molar-refractivity contribution in [2.45, 2.75) is 16.8 Å². The van der Waals surface area contributed by atoms with Crippen molar-refractivity contribution in [3.63, 3.8) is 0 Å². The summed E-state index contributed by atoms with van der Waals surface area (Å²) in [6.45, 7) is 0. The highest BCUT2D eigenvalue weighted by Gasteiger charge is 2.34. The Hall–Kier alpha value is -3.10. The van der Waals surface area contributed by atoms with Gasteiger partial charge in [-0.05, 0) is 47.5 Å². The van der Waals surface area contributed by atoms with E-state index in [4.69, 9.17) is 21.4 Å². The minimum atomic E-state index is -4.63. The summed E-state index contributed by atoms with van der Waals surface area (Å²) in [7, 11) is 1.25. The average molecular weight is 494 g/mol. The van der Waals surface area contributed by atoms with Crippen LogP contribution < -0.4 is 10.1 Å². The Bertz CT molecular complexity index is 1170. The number of hydrogen-bond acceptors (Lipinski definition) is 4. The first-order chi connectivity index (χ1) is 15.7. The van der Waals surface area contributed by atoms with Gasteiger partial charge in [-0.15, -0.1) is 11.8 Å². The summed E-state index contributed by atoms with van der Waals surface area (Å²) in [5.74, 6) is -0.459. The predicted octanol–water partition coefficient (Wildman–Crippen LogP) is 7.50. The number of ether oxygens (including phenoxy) is 1. The van der Waals surface area contributed by atoms with Crippen LogP contribution in [-0.4, -0.2) is 18.2 Å². The van der Waals surface area contributed by atoms with Crippen molar-refractivity contribution in [2.75, 3.05) is 12.4 Å². The molecule has 0 aromatic heterocycles. The van der Waals surface area contributed by atoms with Crippen LogP contribution >= 0.6 is 23.4 Å². The highest BCUT2D eigenvalue weighted by atomic mass is 35.5. The summed E-state index contributed by atoms with van der Waals surface area (Å²) in [5.41, 5.74) is 1.35. The Morgan fingerprint density at radius 3 is 2.48 bits per heavy atom. The molecule has 33 heavy (non-hydrogen) atoms. The van der Waals surface area contributed by atoms with Crippen molar-refractivity contribution in [3.8, 4) is 5.75 Å². The van der Waals surface area contributed by atoms with Crippen molar-refractivity contribution in [1.29, 1.82) is 0 Å². The lowest BCUT2D eigenvalue weighted by molar-refractivity contribution is -0.137. The molecule has 2 N–H and O–H groups in total. The molecule has 0 saturated carbocycles. The van der Waals surface area contributed by atoms with Crippen LogP contribution in [0.2, 0.25) is 5.02 Å². The smallest absolute Gasteiger partial charge is 0.417 e. The fourth-order valence-corrected chi connectivity index (χ4v) is 4.14. The molecule has 0 atom stereocenters. The molecule has 0 aliphatic heterocycles. The molecule has 0 aliphatic carbocycles. The fraction of sp³-hybridized carbons (Fsp3) is 0.125. The number of carboxylic acid groups (broad SMARTS) is 1. The lowest BCUT2D eigenvalue weighted by Gasteiger charge is -2.17. The standard InChI is InChI=1S/C24H19ClF3NO3S/c1-32-22-12-18(24(26,27)28)19(25)13-21(22)29-20-9-8-17(11-16(20)7-10-23(30)31)33-14-15-5-3-2-4-6-15/h2-13,29H,14H2,1H3,(H,30,31). The van der Waals surface area contributed by atoms with E-state index in [1.165, 1.54) is 13.2 Å². The van der Waals surface area contributed by atoms with E-state index in [0.717, 1.165) is 34.4 Å². The van der Waals surface area contributed by atoms with Gasteiger partial charge in [-0.2, -0.15) is 13.2 Å². The number of alkyl halides is 3. The van der Waals surface area contributed by atoms with Crippen LogP contribution in [0.3, 0.4) is 0 Å². The van der Waals surface area contributed by atoms with Crippen LogP contribution in [0.15, 0.2) is 71.6 Å². The second-order valence-electron chi connectivity index (χ2n) is 6.85. The highest BCUT2D eigenvalue weighted by molar-refractivity contribution is 7.98. The van der Waals surface area contributed by atoms with Gasteiger partial charge in [0.05, 0.1) is 23.4 Å². The number of nitrogens with one attached hydrogen (secondary N) is 1. The van der Waals surface area contributed by atoms with Crippen LogP contribution in [0.1, 0.15) is 16.7 Å². The number of thioether (sulfide) groups is 1. The van der Waals surface area contributed by atoms with Crippen LogP contribution in [0, 0.1) is 0 Å². The Kier molecular flexibility index (Phi) is 7.94. The number of anilines is 2. The first-order valence-electron chi connectivity index (χ1n) is 9.61. The SMILES string of the molecule is COc1cc(C(F)(F)F)c(Cl)cc1Nc1ccc(SCc2ccccc2)cc1C=CC(=O)O. The van der Waals surface area contributed by atoms with Gasteiger partial charge in [-0.3, -0.25) is 0 Å². The Morgan fingerprint density at radius 1 is 1.12 bits per heavy atom. The molecule has 0 amide bonds. The first-order valence-corrected chi connectivity index (χ1v) is 11.0. The zero-order valence-corrected chi connectivity index (χ0v) is 18.9. The van der Waals surface area contributed by atoms with Gasteiger partial charge in [0.1, 0.15) is 5.75 Å². The van der Waals surface area contributed by atoms with Gasteiger partial charge in [0.25, 0.3) is 0 Å². The van der Waals surface area contributed by atoms with Crippen LogP contribution in [0.25, 0.3) is 6.08 Å². The summed E-state index contributed by atoms with van der Waals surface area (Å²) in [5, 5.41) is 11.6. The summed E-state index contributed by atoms with van der Waals surface area (Å²) in [6.07, 6.45) is -2.23. The van der Waals surface area contributed by atoms with Crippen LogP contribution in [0.5, 0.6) is 5.75 Å². The van der Waals surface area contributed by atoms with E-state index in [9.17, 15) is 18.0 Å². The molecule has 172 valence electrons. The molecule has 4 nitrogen and oxygen atoms in total. The van der Waals surface area contributed by atoms with Gasteiger partial charge in [0.2, 0.25) is 0 Å².